The van der Waals surface area contributed by atoms with Crippen LogP contribution in [0.15, 0.2) is 54.6 Å². The van der Waals surface area contributed by atoms with Crippen LogP contribution in [-0.2, 0) is 22.6 Å². The summed E-state index contributed by atoms with van der Waals surface area (Å²) in [6, 6.07) is 17.0. The number of anilines is 1. The van der Waals surface area contributed by atoms with E-state index in [0.29, 0.717) is 12.1 Å². The van der Waals surface area contributed by atoms with Crippen molar-refractivity contribution in [3.8, 4) is 0 Å². The lowest BCUT2D eigenvalue weighted by molar-refractivity contribution is -0.125. The molecule has 2 aromatic rings. The van der Waals surface area contributed by atoms with Crippen molar-refractivity contribution in [1.82, 2.24) is 16.0 Å². The summed E-state index contributed by atoms with van der Waals surface area (Å²) in [5.41, 5.74) is 2.91. The second kappa shape index (κ2) is 21.5. The van der Waals surface area contributed by atoms with E-state index in [4.69, 9.17) is 0 Å². The molecule has 6 heteroatoms. The molecule has 0 aliphatic heterocycles. The molecule has 2 rings (SSSR count). The van der Waals surface area contributed by atoms with Crippen molar-refractivity contribution >= 4 is 17.5 Å². The molecule has 0 saturated carbocycles. The molecule has 2 amide bonds. The Morgan fingerprint density at radius 3 is 1.84 bits per heavy atom. The number of amides is 2. The van der Waals surface area contributed by atoms with Gasteiger partial charge in [-0.15, -0.1) is 0 Å². The normalized spacial score (nSPS) is 10.0. The van der Waals surface area contributed by atoms with Crippen LogP contribution in [0.5, 0.6) is 0 Å². The topological polar surface area (TPSA) is 82.3 Å². The first-order valence-electron chi connectivity index (χ1n) is 11.6. The van der Waals surface area contributed by atoms with Gasteiger partial charge in [-0.25, -0.2) is 0 Å². The second-order valence-corrected chi connectivity index (χ2v) is 6.02. The highest BCUT2D eigenvalue weighted by Crippen LogP contribution is 2.09. The molecule has 0 aliphatic carbocycles. The van der Waals surface area contributed by atoms with E-state index in [1.165, 1.54) is 0 Å². The predicted octanol–water partition coefficient (Wildman–Crippen LogP) is 4.37. The molecule has 6 nitrogen and oxygen atoms in total. The van der Waals surface area contributed by atoms with Crippen molar-refractivity contribution in [2.45, 2.75) is 60.5 Å². The third kappa shape index (κ3) is 13.6. The Bertz CT molecular complexity index is 704. The van der Waals surface area contributed by atoms with Gasteiger partial charge in [-0.2, -0.15) is 0 Å². The Hall–Kier alpha value is -2.70. The molecule has 2 aromatic carbocycles. The van der Waals surface area contributed by atoms with Crippen LogP contribution in [0.4, 0.5) is 5.69 Å². The Kier molecular flexibility index (Phi) is 21.2. The minimum Gasteiger partial charge on any atom is -0.346 e. The van der Waals surface area contributed by atoms with Crippen molar-refractivity contribution in [1.29, 1.82) is 0 Å². The highest BCUT2D eigenvalue weighted by atomic mass is 16.2. The Labute approximate surface area is 195 Å². The largest absolute Gasteiger partial charge is 0.346 e. The van der Waals surface area contributed by atoms with Crippen molar-refractivity contribution in [2.75, 3.05) is 26.0 Å². The SMILES string of the molecule is CC.CC.CC.CNCc1ccc(NC(=O)CNC(=O)C(Cc2ccccc2)NC)cc1. The number of hydrogen-bond donors (Lipinski definition) is 4. The van der Waals surface area contributed by atoms with Gasteiger partial charge in [0, 0.05) is 12.2 Å². The monoisotopic (exact) mass is 444 g/mol. The third-order valence-corrected chi connectivity index (χ3v) is 3.99. The first kappa shape index (κ1) is 31.5. The lowest BCUT2D eigenvalue weighted by Crippen LogP contribution is -2.46. The Morgan fingerprint density at radius 2 is 1.34 bits per heavy atom. The van der Waals surface area contributed by atoms with E-state index in [1.54, 1.807) is 7.05 Å². The predicted molar refractivity (Wildman–Crippen MR) is 138 cm³/mol. The highest BCUT2D eigenvalue weighted by Gasteiger charge is 2.17. The molecule has 0 bridgehead atoms. The molecule has 0 heterocycles. The summed E-state index contributed by atoms with van der Waals surface area (Å²) >= 11 is 0. The summed E-state index contributed by atoms with van der Waals surface area (Å²) in [5.74, 6) is -0.454. The first-order valence-corrected chi connectivity index (χ1v) is 11.6. The summed E-state index contributed by atoms with van der Waals surface area (Å²) in [5, 5.41) is 11.5. The van der Waals surface area contributed by atoms with Crippen molar-refractivity contribution in [3.05, 3.63) is 65.7 Å². The standard InChI is InChI=1S/C20H26N4O2.3C2H6/c1-21-13-16-8-10-17(11-9-16)24-19(25)14-23-20(26)18(22-2)12-15-6-4-3-5-7-15;3*1-2/h3-11,18,21-22H,12-14H2,1-2H3,(H,23,26)(H,24,25);3*1-2H3. The van der Waals surface area contributed by atoms with Crippen LogP contribution in [0.2, 0.25) is 0 Å². The fourth-order valence-corrected chi connectivity index (χ4v) is 2.58. The van der Waals surface area contributed by atoms with Gasteiger partial charge in [0.1, 0.15) is 0 Å². The van der Waals surface area contributed by atoms with Crippen LogP contribution in [0.25, 0.3) is 0 Å². The average molecular weight is 445 g/mol. The molecule has 0 aliphatic rings. The third-order valence-electron chi connectivity index (χ3n) is 3.99. The zero-order valence-electron chi connectivity index (χ0n) is 21.2. The maximum absolute atomic E-state index is 12.3. The lowest BCUT2D eigenvalue weighted by Gasteiger charge is -2.16. The summed E-state index contributed by atoms with van der Waals surface area (Å²) in [4.78, 5) is 24.3. The molecule has 1 atom stereocenters. The number of benzene rings is 2. The van der Waals surface area contributed by atoms with Crippen molar-refractivity contribution < 1.29 is 9.59 Å². The number of carbonyl (C=O) groups excluding carboxylic acids is 2. The Morgan fingerprint density at radius 1 is 0.781 bits per heavy atom. The summed E-state index contributed by atoms with van der Waals surface area (Å²) < 4.78 is 0. The minimum absolute atomic E-state index is 0.0654. The maximum atomic E-state index is 12.3. The van der Waals surface area contributed by atoms with Crippen LogP contribution in [0.1, 0.15) is 52.7 Å². The van der Waals surface area contributed by atoms with E-state index in [2.05, 4.69) is 21.3 Å². The van der Waals surface area contributed by atoms with Crippen LogP contribution in [0.3, 0.4) is 0 Å². The quantitative estimate of drug-likeness (QED) is 0.463. The summed E-state index contributed by atoms with van der Waals surface area (Å²) in [6.07, 6.45) is 0.567. The maximum Gasteiger partial charge on any atom is 0.243 e. The summed E-state index contributed by atoms with van der Waals surface area (Å²) in [6.45, 7) is 12.7. The van der Waals surface area contributed by atoms with Gasteiger partial charge in [0.25, 0.3) is 0 Å². The molecule has 0 radical (unpaired) electrons. The van der Waals surface area contributed by atoms with Crippen molar-refractivity contribution in [3.63, 3.8) is 0 Å². The molecule has 0 spiro atoms. The van der Waals surface area contributed by atoms with E-state index < -0.39 is 0 Å². The number of nitrogens with one attached hydrogen (secondary N) is 4. The fourth-order valence-electron chi connectivity index (χ4n) is 2.58. The van der Waals surface area contributed by atoms with Gasteiger partial charge in [-0.1, -0.05) is 84.0 Å². The number of rotatable bonds is 9. The minimum atomic E-state index is -0.383. The van der Waals surface area contributed by atoms with Crippen LogP contribution in [0, 0.1) is 0 Å². The molecule has 32 heavy (non-hydrogen) atoms. The van der Waals surface area contributed by atoms with Gasteiger partial charge in [-0.05, 0) is 43.8 Å². The summed E-state index contributed by atoms with van der Waals surface area (Å²) in [7, 11) is 3.62. The second-order valence-electron chi connectivity index (χ2n) is 6.02. The van der Waals surface area contributed by atoms with E-state index in [1.807, 2.05) is 103 Å². The molecule has 0 saturated heterocycles. The number of likely N-dealkylation sites (N-methyl/N-ethyl adjacent to an activating group) is 1. The van der Waals surface area contributed by atoms with Crippen LogP contribution >= 0.6 is 0 Å². The van der Waals surface area contributed by atoms with E-state index in [0.717, 1.165) is 17.7 Å². The lowest BCUT2D eigenvalue weighted by atomic mass is 10.1. The smallest absolute Gasteiger partial charge is 0.243 e. The zero-order valence-corrected chi connectivity index (χ0v) is 21.2. The Balaban J connectivity index is 0. The zero-order chi connectivity index (χ0) is 24.8. The molecule has 4 N–H and O–H groups in total. The van der Waals surface area contributed by atoms with E-state index in [9.17, 15) is 9.59 Å². The van der Waals surface area contributed by atoms with Crippen LogP contribution in [-0.4, -0.2) is 38.5 Å². The fraction of sp³-hybridized carbons (Fsp3) is 0.462. The van der Waals surface area contributed by atoms with Gasteiger partial charge < -0.3 is 21.3 Å². The van der Waals surface area contributed by atoms with E-state index >= 15 is 0 Å². The molecule has 180 valence electrons. The number of hydrogen-bond acceptors (Lipinski definition) is 4. The van der Waals surface area contributed by atoms with Gasteiger partial charge in [-0.3, -0.25) is 9.59 Å². The van der Waals surface area contributed by atoms with Gasteiger partial charge in [0.15, 0.2) is 0 Å². The van der Waals surface area contributed by atoms with Gasteiger partial charge in [0.05, 0.1) is 12.6 Å². The van der Waals surface area contributed by atoms with Gasteiger partial charge >= 0.3 is 0 Å². The van der Waals surface area contributed by atoms with Crippen LogP contribution < -0.4 is 21.3 Å². The molecule has 0 fully saturated rings. The molecule has 1 unspecified atom stereocenters. The molecule has 0 aromatic heterocycles. The average Bonchev–Trinajstić information content (AvgIpc) is 2.87. The van der Waals surface area contributed by atoms with Gasteiger partial charge in [0.2, 0.25) is 11.8 Å². The first-order chi connectivity index (χ1) is 15.6. The highest BCUT2D eigenvalue weighted by molar-refractivity contribution is 5.95. The van der Waals surface area contributed by atoms with E-state index in [-0.39, 0.29) is 24.4 Å². The van der Waals surface area contributed by atoms with Crippen molar-refractivity contribution in [2.24, 2.45) is 0 Å². The molecular weight excluding hydrogens is 400 g/mol. The molecular formula is C26H44N4O2. The number of carbonyl (C=O) groups is 2.